The SMILES string of the molecule is CC=CC1(CO)OC(C)=NC1(C)C. The van der Waals surface area contributed by atoms with Gasteiger partial charge in [0.15, 0.2) is 11.5 Å². The minimum absolute atomic E-state index is 0.0504. The zero-order valence-corrected chi connectivity index (χ0v) is 8.66. The highest BCUT2D eigenvalue weighted by atomic mass is 16.5. The van der Waals surface area contributed by atoms with Crippen LogP contribution in [0.4, 0.5) is 0 Å². The van der Waals surface area contributed by atoms with Crippen molar-refractivity contribution >= 4 is 5.90 Å². The molecular weight excluding hydrogens is 166 g/mol. The van der Waals surface area contributed by atoms with Crippen LogP contribution in [0.3, 0.4) is 0 Å². The Kier molecular flexibility index (Phi) is 2.48. The van der Waals surface area contributed by atoms with Gasteiger partial charge in [0.25, 0.3) is 0 Å². The van der Waals surface area contributed by atoms with Crippen LogP contribution in [0.5, 0.6) is 0 Å². The predicted octanol–water partition coefficient (Wildman–Crippen LogP) is 1.52. The summed E-state index contributed by atoms with van der Waals surface area (Å²) in [5.41, 5.74) is -1.07. The maximum atomic E-state index is 9.35. The first-order chi connectivity index (χ1) is 5.97. The lowest BCUT2D eigenvalue weighted by Crippen LogP contribution is -2.48. The number of aliphatic hydroxyl groups is 1. The average Bonchev–Trinajstić information content (AvgIpc) is 2.22. The third-order valence-corrected chi connectivity index (χ3v) is 2.47. The van der Waals surface area contributed by atoms with Gasteiger partial charge in [-0.25, -0.2) is 4.99 Å². The van der Waals surface area contributed by atoms with Gasteiger partial charge in [0.05, 0.1) is 6.61 Å². The highest BCUT2D eigenvalue weighted by Gasteiger charge is 2.49. The Labute approximate surface area is 79.1 Å². The second-order valence-corrected chi connectivity index (χ2v) is 3.84. The van der Waals surface area contributed by atoms with Gasteiger partial charge >= 0.3 is 0 Å². The maximum Gasteiger partial charge on any atom is 0.182 e. The monoisotopic (exact) mass is 183 g/mol. The summed E-state index contributed by atoms with van der Waals surface area (Å²) >= 11 is 0. The van der Waals surface area contributed by atoms with Crippen molar-refractivity contribution in [3.63, 3.8) is 0 Å². The fourth-order valence-electron chi connectivity index (χ4n) is 1.69. The summed E-state index contributed by atoms with van der Waals surface area (Å²) in [5.74, 6) is 0.636. The van der Waals surface area contributed by atoms with E-state index >= 15 is 0 Å². The summed E-state index contributed by atoms with van der Waals surface area (Å²) in [7, 11) is 0. The van der Waals surface area contributed by atoms with E-state index < -0.39 is 11.1 Å². The molecule has 3 nitrogen and oxygen atoms in total. The molecule has 0 aliphatic carbocycles. The molecule has 0 bridgehead atoms. The second kappa shape index (κ2) is 3.14. The zero-order valence-electron chi connectivity index (χ0n) is 8.66. The van der Waals surface area contributed by atoms with E-state index in [1.54, 1.807) is 0 Å². The van der Waals surface area contributed by atoms with Crippen LogP contribution in [0, 0.1) is 0 Å². The molecule has 1 atom stereocenters. The van der Waals surface area contributed by atoms with Crippen molar-refractivity contribution in [3.8, 4) is 0 Å². The van der Waals surface area contributed by atoms with Gasteiger partial charge in [0.2, 0.25) is 0 Å². The van der Waals surface area contributed by atoms with E-state index in [2.05, 4.69) is 4.99 Å². The van der Waals surface area contributed by atoms with Crippen LogP contribution in [-0.4, -0.2) is 28.8 Å². The van der Waals surface area contributed by atoms with E-state index in [-0.39, 0.29) is 6.61 Å². The van der Waals surface area contributed by atoms with Crippen LogP contribution in [0.2, 0.25) is 0 Å². The molecule has 0 saturated heterocycles. The number of ether oxygens (including phenoxy) is 1. The van der Waals surface area contributed by atoms with Crippen LogP contribution in [0.25, 0.3) is 0 Å². The molecule has 3 heteroatoms. The molecular formula is C10H17NO2. The van der Waals surface area contributed by atoms with Crippen molar-refractivity contribution in [2.24, 2.45) is 4.99 Å². The van der Waals surface area contributed by atoms with Crippen LogP contribution in [-0.2, 0) is 4.74 Å². The first-order valence-electron chi connectivity index (χ1n) is 4.47. The van der Waals surface area contributed by atoms with Crippen molar-refractivity contribution in [2.45, 2.75) is 38.8 Å². The number of hydrogen-bond acceptors (Lipinski definition) is 3. The number of allylic oxidation sites excluding steroid dienone is 1. The summed E-state index contributed by atoms with van der Waals surface area (Å²) in [6, 6.07) is 0. The maximum absolute atomic E-state index is 9.35. The van der Waals surface area contributed by atoms with Gasteiger partial charge in [-0.2, -0.15) is 0 Å². The van der Waals surface area contributed by atoms with Gasteiger partial charge in [-0.05, 0) is 26.8 Å². The predicted molar refractivity (Wildman–Crippen MR) is 52.9 cm³/mol. The molecule has 0 radical (unpaired) electrons. The third kappa shape index (κ3) is 1.48. The number of nitrogens with zero attached hydrogens (tertiary/aromatic N) is 1. The van der Waals surface area contributed by atoms with Crippen LogP contribution in [0.1, 0.15) is 27.7 Å². The van der Waals surface area contributed by atoms with E-state index in [4.69, 9.17) is 4.74 Å². The van der Waals surface area contributed by atoms with Crippen molar-refractivity contribution in [1.82, 2.24) is 0 Å². The lowest BCUT2D eigenvalue weighted by atomic mass is 9.84. The fourth-order valence-corrected chi connectivity index (χ4v) is 1.69. The highest BCUT2D eigenvalue weighted by Crippen LogP contribution is 2.36. The molecule has 0 aromatic rings. The molecule has 13 heavy (non-hydrogen) atoms. The van der Waals surface area contributed by atoms with Gasteiger partial charge < -0.3 is 9.84 Å². The van der Waals surface area contributed by atoms with E-state index in [0.29, 0.717) is 5.90 Å². The molecule has 1 unspecified atom stereocenters. The molecule has 0 aromatic carbocycles. The molecule has 0 saturated carbocycles. The Balaban J connectivity index is 3.04. The second-order valence-electron chi connectivity index (χ2n) is 3.84. The standard InChI is InChI=1S/C10H17NO2/c1-5-6-10(7-12)9(3,4)11-8(2)13-10/h5-6,12H,7H2,1-4H3. The summed E-state index contributed by atoms with van der Waals surface area (Å²) in [5, 5.41) is 9.35. The molecule has 1 N–H and O–H groups in total. The molecule has 1 aliphatic heterocycles. The van der Waals surface area contributed by atoms with Crippen LogP contribution < -0.4 is 0 Å². The molecule has 0 spiro atoms. The minimum atomic E-state index is -0.675. The number of rotatable bonds is 2. The van der Waals surface area contributed by atoms with Crippen LogP contribution >= 0.6 is 0 Å². The molecule has 0 aromatic heterocycles. The van der Waals surface area contributed by atoms with E-state index in [9.17, 15) is 5.11 Å². The van der Waals surface area contributed by atoms with Crippen molar-refractivity contribution in [2.75, 3.05) is 6.61 Å². The molecule has 1 rings (SSSR count). The summed E-state index contributed by atoms with van der Waals surface area (Å²) in [6.07, 6.45) is 3.75. The topological polar surface area (TPSA) is 41.8 Å². The third-order valence-electron chi connectivity index (χ3n) is 2.47. The molecule has 1 aliphatic rings. The van der Waals surface area contributed by atoms with Crippen LogP contribution in [0.15, 0.2) is 17.1 Å². The zero-order chi connectivity index (χ0) is 10.1. The first kappa shape index (κ1) is 10.3. The highest BCUT2D eigenvalue weighted by molar-refractivity contribution is 5.77. The molecule has 74 valence electrons. The van der Waals surface area contributed by atoms with Gasteiger partial charge in [-0.3, -0.25) is 0 Å². The lowest BCUT2D eigenvalue weighted by molar-refractivity contribution is 0.0128. The summed E-state index contributed by atoms with van der Waals surface area (Å²) in [4.78, 5) is 4.35. The number of hydrogen-bond donors (Lipinski definition) is 1. The largest absolute Gasteiger partial charge is 0.466 e. The number of aliphatic imine (C=N–C) groups is 1. The summed E-state index contributed by atoms with van der Waals surface area (Å²) < 4.78 is 5.57. The molecule has 0 amide bonds. The normalized spacial score (nSPS) is 31.9. The van der Waals surface area contributed by atoms with E-state index in [1.165, 1.54) is 0 Å². The van der Waals surface area contributed by atoms with Gasteiger partial charge in [-0.15, -0.1) is 0 Å². The Morgan fingerprint density at radius 1 is 1.54 bits per heavy atom. The van der Waals surface area contributed by atoms with Gasteiger partial charge in [0, 0.05) is 6.92 Å². The smallest absolute Gasteiger partial charge is 0.182 e. The summed E-state index contributed by atoms with van der Waals surface area (Å²) in [6.45, 7) is 7.58. The average molecular weight is 183 g/mol. The van der Waals surface area contributed by atoms with Crippen molar-refractivity contribution in [1.29, 1.82) is 0 Å². The Hall–Kier alpha value is -0.830. The van der Waals surface area contributed by atoms with Gasteiger partial charge in [0.1, 0.15) is 5.54 Å². The quantitative estimate of drug-likeness (QED) is 0.659. The van der Waals surface area contributed by atoms with Crippen molar-refractivity contribution < 1.29 is 9.84 Å². The van der Waals surface area contributed by atoms with Gasteiger partial charge in [-0.1, -0.05) is 6.08 Å². The van der Waals surface area contributed by atoms with Crippen molar-refractivity contribution in [3.05, 3.63) is 12.2 Å². The Bertz CT molecular complexity index is 256. The minimum Gasteiger partial charge on any atom is -0.466 e. The lowest BCUT2D eigenvalue weighted by Gasteiger charge is -2.33. The Morgan fingerprint density at radius 3 is 2.46 bits per heavy atom. The molecule has 1 heterocycles. The number of aliphatic hydroxyl groups excluding tert-OH is 1. The fraction of sp³-hybridized carbons (Fsp3) is 0.700. The van der Waals surface area contributed by atoms with E-state index in [1.807, 2.05) is 39.8 Å². The first-order valence-corrected chi connectivity index (χ1v) is 4.47. The van der Waals surface area contributed by atoms with E-state index in [0.717, 1.165) is 0 Å². The Morgan fingerprint density at radius 2 is 2.15 bits per heavy atom. The molecule has 0 fully saturated rings.